The van der Waals surface area contributed by atoms with Gasteiger partial charge >= 0.3 is 0 Å². The summed E-state index contributed by atoms with van der Waals surface area (Å²) in [5.41, 5.74) is 7.57. The molecule has 0 saturated heterocycles. The number of benzene rings is 1. The van der Waals surface area contributed by atoms with E-state index in [0.717, 1.165) is 16.3 Å². The predicted molar refractivity (Wildman–Crippen MR) is 61.7 cm³/mol. The Bertz CT molecular complexity index is 488. The molecule has 1 heterocycles. The summed E-state index contributed by atoms with van der Waals surface area (Å²) in [5, 5.41) is 10.6. The average molecular weight is 217 g/mol. The Labute approximate surface area is 92.0 Å². The zero-order valence-electron chi connectivity index (χ0n) is 8.18. The molecule has 1 aromatic carbocycles. The van der Waals surface area contributed by atoms with Crippen LogP contribution in [0, 0.1) is 0 Å². The largest absolute Gasteiger partial charge is 0.399 e. The maximum absolute atomic E-state index is 5.73. The second-order valence-electron chi connectivity index (χ2n) is 3.85. The number of nitrogens with zero attached hydrogens (tertiary/aromatic N) is 2. The van der Waals surface area contributed by atoms with Crippen LogP contribution in [0.5, 0.6) is 0 Å². The molecule has 1 saturated carbocycles. The summed E-state index contributed by atoms with van der Waals surface area (Å²) in [6, 6.07) is 7.79. The fraction of sp³-hybridized carbons (Fsp3) is 0.273. The van der Waals surface area contributed by atoms with Gasteiger partial charge < -0.3 is 5.73 Å². The molecule has 1 aromatic heterocycles. The van der Waals surface area contributed by atoms with E-state index in [0.29, 0.717) is 5.92 Å². The highest BCUT2D eigenvalue weighted by Gasteiger charge is 2.27. The average Bonchev–Trinajstić information content (AvgIpc) is 2.97. The molecule has 3 rings (SSSR count). The molecule has 3 nitrogen and oxygen atoms in total. The van der Waals surface area contributed by atoms with Gasteiger partial charge in [-0.25, -0.2) is 0 Å². The van der Waals surface area contributed by atoms with Crippen molar-refractivity contribution in [3.8, 4) is 10.6 Å². The van der Waals surface area contributed by atoms with Crippen molar-refractivity contribution < 1.29 is 0 Å². The van der Waals surface area contributed by atoms with Gasteiger partial charge in [-0.1, -0.05) is 23.5 Å². The van der Waals surface area contributed by atoms with Crippen molar-refractivity contribution in [3.05, 3.63) is 29.3 Å². The molecule has 0 bridgehead atoms. The molecule has 76 valence electrons. The summed E-state index contributed by atoms with van der Waals surface area (Å²) in [7, 11) is 0. The number of hydrogen-bond acceptors (Lipinski definition) is 4. The van der Waals surface area contributed by atoms with Gasteiger partial charge in [0.25, 0.3) is 0 Å². The van der Waals surface area contributed by atoms with Crippen molar-refractivity contribution in [2.75, 3.05) is 5.73 Å². The van der Waals surface area contributed by atoms with E-state index in [1.807, 2.05) is 24.3 Å². The Hall–Kier alpha value is -1.42. The van der Waals surface area contributed by atoms with Crippen molar-refractivity contribution >= 4 is 17.0 Å². The van der Waals surface area contributed by atoms with Gasteiger partial charge in [-0.2, -0.15) is 0 Å². The monoisotopic (exact) mass is 217 g/mol. The Morgan fingerprint density at radius 1 is 1.27 bits per heavy atom. The van der Waals surface area contributed by atoms with Gasteiger partial charge in [0, 0.05) is 17.2 Å². The van der Waals surface area contributed by atoms with Crippen LogP contribution in [0.15, 0.2) is 24.3 Å². The highest BCUT2D eigenvalue weighted by Crippen LogP contribution is 2.42. The maximum atomic E-state index is 5.73. The third-order valence-corrected chi connectivity index (χ3v) is 3.64. The first-order valence-corrected chi connectivity index (χ1v) is 5.84. The number of hydrogen-bond donors (Lipinski definition) is 1. The molecule has 0 aliphatic heterocycles. The van der Waals surface area contributed by atoms with E-state index >= 15 is 0 Å². The van der Waals surface area contributed by atoms with Crippen LogP contribution in [-0.2, 0) is 0 Å². The fourth-order valence-corrected chi connectivity index (χ4v) is 2.53. The van der Waals surface area contributed by atoms with E-state index in [9.17, 15) is 0 Å². The lowest BCUT2D eigenvalue weighted by molar-refractivity contribution is 0.978. The minimum Gasteiger partial charge on any atom is -0.399 e. The van der Waals surface area contributed by atoms with Gasteiger partial charge in [-0.15, -0.1) is 10.2 Å². The molecule has 15 heavy (non-hydrogen) atoms. The molecule has 4 heteroatoms. The summed E-state index contributed by atoms with van der Waals surface area (Å²) < 4.78 is 0. The zero-order valence-corrected chi connectivity index (χ0v) is 9.00. The molecule has 0 unspecified atom stereocenters. The number of nitrogens with two attached hydrogens (primary N) is 1. The number of rotatable bonds is 2. The van der Waals surface area contributed by atoms with Crippen molar-refractivity contribution in [1.82, 2.24) is 10.2 Å². The Morgan fingerprint density at radius 2 is 2.13 bits per heavy atom. The van der Waals surface area contributed by atoms with E-state index < -0.39 is 0 Å². The highest BCUT2D eigenvalue weighted by atomic mass is 32.1. The zero-order chi connectivity index (χ0) is 10.3. The second kappa shape index (κ2) is 3.31. The van der Waals surface area contributed by atoms with Crippen LogP contribution in [0.1, 0.15) is 23.8 Å². The van der Waals surface area contributed by atoms with Crippen LogP contribution in [0.25, 0.3) is 10.6 Å². The molecule has 1 aliphatic rings. The van der Waals surface area contributed by atoms with Gasteiger partial charge in [0.05, 0.1) is 0 Å². The van der Waals surface area contributed by atoms with Crippen molar-refractivity contribution in [2.24, 2.45) is 0 Å². The van der Waals surface area contributed by atoms with E-state index in [2.05, 4.69) is 10.2 Å². The lowest BCUT2D eigenvalue weighted by Crippen LogP contribution is -1.84. The first-order valence-electron chi connectivity index (χ1n) is 5.02. The van der Waals surface area contributed by atoms with Gasteiger partial charge in [-0.3, -0.25) is 0 Å². The topological polar surface area (TPSA) is 51.8 Å². The lowest BCUT2D eigenvalue weighted by Gasteiger charge is -1.95. The normalized spacial score (nSPS) is 15.5. The summed E-state index contributed by atoms with van der Waals surface area (Å²) in [4.78, 5) is 0. The Balaban J connectivity index is 1.97. The van der Waals surface area contributed by atoms with Crippen LogP contribution in [0.4, 0.5) is 5.69 Å². The molecule has 0 amide bonds. The number of aromatic nitrogens is 2. The standard InChI is InChI=1S/C11H11N3S/c12-9-3-1-2-8(6-9)11-14-13-10(15-11)7-4-5-7/h1-3,6-7H,4-5,12H2. The first kappa shape index (κ1) is 8.85. The van der Waals surface area contributed by atoms with E-state index in [1.54, 1.807) is 11.3 Å². The third-order valence-electron chi connectivity index (χ3n) is 2.50. The maximum Gasteiger partial charge on any atom is 0.147 e. The molecule has 0 atom stereocenters. The predicted octanol–water partition coefficient (Wildman–Crippen LogP) is 2.66. The van der Waals surface area contributed by atoms with E-state index in [-0.39, 0.29) is 0 Å². The third kappa shape index (κ3) is 1.72. The van der Waals surface area contributed by atoms with Crippen LogP contribution in [0.2, 0.25) is 0 Å². The molecule has 2 aromatic rings. The van der Waals surface area contributed by atoms with Crippen LogP contribution < -0.4 is 5.73 Å². The van der Waals surface area contributed by atoms with Crippen LogP contribution in [-0.4, -0.2) is 10.2 Å². The quantitative estimate of drug-likeness (QED) is 0.787. The molecule has 0 spiro atoms. The van der Waals surface area contributed by atoms with Gasteiger partial charge in [0.2, 0.25) is 0 Å². The number of anilines is 1. The van der Waals surface area contributed by atoms with Crippen molar-refractivity contribution in [3.63, 3.8) is 0 Å². The van der Waals surface area contributed by atoms with Gasteiger partial charge in [0.15, 0.2) is 0 Å². The molecule has 1 aliphatic carbocycles. The summed E-state index contributed by atoms with van der Waals surface area (Å²) in [6.07, 6.45) is 2.54. The van der Waals surface area contributed by atoms with Crippen LogP contribution in [0.3, 0.4) is 0 Å². The molecule has 1 fully saturated rings. The first-order chi connectivity index (χ1) is 7.33. The Kier molecular flexibility index (Phi) is 1.95. The molecular formula is C11H11N3S. The summed E-state index contributed by atoms with van der Waals surface area (Å²) in [5.74, 6) is 0.678. The van der Waals surface area contributed by atoms with Gasteiger partial charge in [-0.05, 0) is 25.0 Å². The highest BCUT2D eigenvalue weighted by molar-refractivity contribution is 7.14. The van der Waals surface area contributed by atoms with E-state index in [4.69, 9.17) is 5.73 Å². The minimum atomic E-state index is 0.678. The summed E-state index contributed by atoms with van der Waals surface area (Å²) >= 11 is 1.69. The molecular weight excluding hydrogens is 206 g/mol. The summed E-state index contributed by atoms with van der Waals surface area (Å²) in [6.45, 7) is 0. The minimum absolute atomic E-state index is 0.678. The SMILES string of the molecule is Nc1cccc(-c2nnc(C3CC3)s2)c1. The van der Waals surface area contributed by atoms with Crippen molar-refractivity contribution in [2.45, 2.75) is 18.8 Å². The van der Waals surface area contributed by atoms with Gasteiger partial charge in [0.1, 0.15) is 10.0 Å². The van der Waals surface area contributed by atoms with Crippen LogP contribution >= 0.6 is 11.3 Å². The van der Waals surface area contributed by atoms with E-state index in [1.165, 1.54) is 17.8 Å². The lowest BCUT2D eigenvalue weighted by atomic mass is 10.2. The molecule has 0 radical (unpaired) electrons. The number of nitrogen functional groups attached to an aromatic ring is 1. The smallest absolute Gasteiger partial charge is 0.147 e. The van der Waals surface area contributed by atoms with Crippen molar-refractivity contribution in [1.29, 1.82) is 0 Å². The molecule has 2 N–H and O–H groups in total. The second-order valence-corrected chi connectivity index (χ2v) is 4.85. The Morgan fingerprint density at radius 3 is 2.87 bits per heavy atom. The fourth-order valence-electron chi connectivity index (χ4n) is 1.52.